The molecule has 0 spiro atoms. The van der Waals surface area contributed by atoms with Gasteiger partial charge in [-0.1, -0.05) is 62.3 Å². The second-order valence-corrected chi connectivity index (χ2v) is 22.2. The summed E-state index contributed by atoms with van der Waals surface area (Å²) in [7, 11) is 0. The minimum Gasteiger partial charge on any atom is -0.483 e. The van der Waals surface area contributed by atoms with E-state index in [-0.39, 0.29) is 49.3 Å². The van der Waals surface area contributed by atoms with Crippen molar-refractivity contribution in [1.29, 1.82) is 0 Å². The van der Waals surface area contributed by atoms with Crippen molar-refractivity contribution in [3.63, 3.8) is 0 Å². The van der Waals surface area contributed by atoms with Crippen LogP contribution in [0.3, 0.4) is 0 Å². The number of carbonyl (C=O) groups excluding carboxylic acids is 2. The molecule has 17 heteroatoms. The third-order valence-corrected chi connectivity index (χ3v) is 13.3. The van der Waals surface area contributed by atoms with Gasteiger partial charge in [0.1, 0.15) is 0 Å². The molecule has 15 nitrogen and oxygen atoms in total. The number of nitrogens with two attached hydrogens (primary N) is 1. The zero-order valence-electron chi connectivity index (χ0n) is 45.0. The first kappa shape index (κ1) is 61.3. The molecule has 0 saturated heterocycles. The molecular weight excluding hydrogens is 1460 g/mol. The Balaban J connectivity index is 0.00000963. The van der Waals surface area contributed by atoms with Crippen LogP contribution in [-0.2, 0) is 19.2 Å². The average Bonchev–Trinajstić information content (AvgIpc) is 3.26. The molecule has 388 valence electrons. The van der Waals surface area contributed by atoms with Crippen LogP contribution in [0.4, 0.5) is 9.59 Å². The number of nitrogens with zero attached hydrogens (tertiary/aromatic N) is 3. The van der Waals surface area contributed by atoms with Gasteiger partial charge in [-0.2, -0.15) is 0 Å². The quantitative estimate of drug-likeness (QED) is 0.0566. The number of hydrogen-bond donors (Lipinski definition) is 3. The van der Waals surface area contributed by atoms with Gasteiger partial charge in [-0.15, -0.1) is 6.42 Å². The molecule has 4 N–H and O–H groups in total. The van der Waals surface area contributed by atoms with Crippen molar-refractivity contribution in [3.8, 4) is 107 Å². The van der Waals surface area contributed by atoms with Crippen LogP contribution < -0.4 is 33.4 Å². The number of ether oxygens (including phenoxy) is 2. The van der Waals surface area contributed by atoms with Gasteiger partial charge in [-0.3, -0.25) is 4.89 Å². The van der Waals surface area contributed by atoms with E-state index in [0.29, 0.717) is 51.4 Å². The Hall–Kier alpha value is -9.87. The summed E-state index contributed by atoms with van der Waals surface area (Å²) in [5.74, 6) is 39.3. The van der Waals surface area contributed by atoms with Crippen LogP contribution in [0.5, 0.6) is 0 Å². The van der Waals surface area contributed by atoms with E-state index in [0.717, 1.165) is 0 Å². The minimum absolute atomic E-state index is 0. The maximum atomic E-state index is 15.4. The number of hydrogen-bond acceptors (Lipinski definition) is 10. The smallest absolute Gasteiger partial charge is 0.404 e. The first-order valence-electron chi connectivity index (χ1n) is 24.0. The molecule has 3 saturated carbocycles. The van der Waals surface area contributed by atoms with E-state index in [1.54, 1.807) is 0 Å². The molecule has 0 bridgehead atoms. The maximum Gasteiger partial charge on any atom is 0.404 e. The van der Waals surface area contributed by atoms with Gasteiger partial charge in [0.2, 0.25) is 0 Å². The van der Waals surface area contributed by atoms with Crippen molar-refractivity contribution in [3.05, 3.63) is 57.3 Å². The van der Waals surface area contributed by atoms with Crippen LogP contribution >= 0.6 is 0 Å². The molecule has 3 aliphatic rings. The van der Waals surface area contributed by atoms with E-state index in [1.165, 1.54) is 20.0 Å². The SMILES string of the molecule is C#CC#CC#CC#CC#CC#CC#CC#CC#COO/C=C(/N)C1(C)CC(n2c(=O)n(C3CC(C)(C)CC(C)(CNC(=O)OC[CH2-])C3)c(=O)n(C3CC(C)(C)CC(C)(CNC(=O)OC[CH2-])C3)c2=O)CC(C)(C)C1.[Rf].[Rf]. The van der Waals surface area contributed by atoms with Crippen LogP contribution in [0.2, 0.25) is 0 Å². The number of allylic oxidation sites excluding steroid dienone is 1. The molecule has 3 aliphatic carbocycles. The van der Waals surface area contributed by atoms with E-state index in [2.05, 4.69) is 153 Å². The fourth-order valence-electron chi connectivity index (χ4n) is 11.7. The molecule has 2 amide bonds. The molecular formula is C58H66N6O9Rf2-2. The molecule has 3 fully saturated rings. The summed E-state index contributed by atoms with van der Waals surface area (Å²) in [6.07, 6.45) is 11.5. The second kappa shape index (κ2) is 26.0. The van der Waals surface area contributed by atoms with Gasteiger partial charge in [-0.05, 0) is 145 Å². The van der Waals surface area contributed by atoms with Crippen molar-refractivity contribution < 1.29 is 28.8 Å². The molecule has 6 atom stereocenters. The van der Waals surface area contributed by atoms with Gasteiger partial charge in [0.25, 0.3) is 0 Å². The van der Waals surface area contributed by atoms with Crippen LogP contribution in [0.25, 0.3) is 0 Å². The monoisotopic (exact) mass is 1520 g/mol. The first-order valence-corrected chi connectivity index (χ1v) is 24.0. The topological polar surface area (TPSA) is 187 Å². The van der Waals surface area contributed by atoms with Gasteiger partial charge < -0.3 is 39.7 Å². The molecule has 75 heavy (non-hydrogen) atoms. The van der Waals surface area contributed by atoms with E-state index < -0.39 is 69.0 Å². The summed E-state index contributed by atoms with van der Waals surface area (Å²) < 4.78 is 14.0. The van der Waals surface area contributed by atoms with Crippen molar-refractivity contribution in [1.82, 2.24) is 24.3 Å². The van der Waals surface area contributed by atoms with Crippen molar-refractivity contribution in [2.75, 3.05) is 26.3 Å². The number of terminal acetylenes is 1. The van der Waals surface area contributed by atoms with Crippen molar-refractivity contribution >= 4 is 12.2 Å². The Bertz CT molecular complexity index is 2990. The summed E-state index contributed by atoms with van der Waals surface area (Å²) >= 11 is 0. The molecule has 4 rings (SSSR count). The van der Waals surface area contributed by atoms with Gasteiger partial charge in [0, 0.05) is 84.0 Å². The number of carbonyl (C=O) groups is 2. The van der Waals surface area contributed by atoms with E-state index in [1.807, 2.05) is 34.6 Å². The van der Waals surface area contributed by atoms with Crippen molar-refractivity contribution in [2.24, 2.45) is 38.2 Å². The van der Waals surface area contributed by atoms with Crippen LogP contribution in [-0.4, -0.2) is 52.2 Å². The molecule has 1 heterocycles. The van der Waals surface area contributed by atoms with Crippen LogP contribution in [0, 0.1) is 154 Å². The van der Waals surface area contributed by atoms with E-state index >= 15 is 14.4 Å². The number of aromatic nitrogens is 3. The maximum absolute atomic E-state index is 15.4. The van der Waals surface area contributed by atoms with Crippen LogP contribution in [0.1, 0.15) is 138 Å². The number of nitrogens with one attached hydrogen (secondary N) is 2. The predicted octanol–water partition coefficient (Wildman–Crippen LogP) is 5.93. The summed E-state index contributed by atoms with van der Waals surface area (Å²) in [5, 5.41) is 5.70. The molecule has 0 radical (unpaired) electrons. The molecule has 6 unspecified atom stereocenters. The Morgan fingerprint density at radius 3 is 1.27 bits per heavy atom. The average molecular weight is 1530 g/mol. The summed E-state index contributed by atoms with van der Waals surface area (Å²) in [6.45, 7) is 25.9. The largest absolute Gasteiger partial charge is 0.483 e. The Morgan fingerprint density at radius 1 is 0.573 bits per heavy atom. The predicted molar refractivity (Wildman–Crippen MR) is 278 cm³/mol. The Labute approximate surface area is 431 Å². The summed E-state index contributed by atoms with van der Waals surface area (Å²) in [4.78, 5) is 81.3. The fraction of sp³-hybridized carbons (Fsp3) is 0.534. The second-order valence-electron chi connectivity index (χ2n) is 22.2. The fourth-order valence-corrected chi connectivity index (χ4v) is 11.7. The van der Waals surface area contributed by atoms with Crippen molar-refractivity contribution in [2.45, 2.75) is 138 Å². The van der Waals surface area contributed by atoms with E-state index in [9.17, 15) is 9.59 Å². The summed E-state index contributed by atoms with van der Waals surface area (Å²) in [5.41, 5.74) is 1.74. The number of amides is 2. The van der Waals surface area contributed by atoms with Crippen LogP contribution in [0.15, 0.2) is 26.3 Å². The minimum atomic E-state index is -0.834. The van der Waals surface area contributed by atoms with Gasteiger partial charge in [0.15, 0.2) is 12.4 Å². The third-order valence-electron chi connectivity index (χ3n) is 13.3. The Morgan fingerprint density at radius 2 is 0.907 bits per heavy atom. The van der Waals surface area contributed by atoms with E-state index in [4.69, 9.17) is 31.4 Å². The Kier molecular flexibility index (Phi) is 21.2. The normalized spacial score (nSPS) is 24.1. The standard InChI is InChI=1S/C58H66N6O9.2Rf/c1-13-16-17-18-19-20-21-22-23-24-25-26-27-28-29-30-31-72-73-38-47(59)58(12)37-46(34-55(8,9)41-58)64-51(68)62(44-32-53(4,5)39-56(10,35-44)42-60-48(65)70-14-2)50(67)63(52(64)69)45-33-54(6,7)40-57(11,36-45)43-61-49(66)71-15-3;;/h1,38,44-46H,2-3,14-15,32-37,39-43,59H2,4-12H3,(H,60,65)(H,61,66);;/q-2;;/b47-38+;;. The molecule has 0 aliphatic heterocycles. The first-order chi connectivity index (χ1) is 34.3. The molecule has 1 aromatic heterocycles. The molecule has 0 aromatic carbocycles. The molecule has 1 aromatic rings. The third kappa shape index (κ3) is 17.4. The number of alkyl carbamates (subject to hydrolysis) is 2. The van der Waals surface area contributed by atoms with Gasteiger partial charge >= 0.3 is 29.3 Å². The van der Waals surface area contributed by atoms with Gasteiger partial charge in [-0.25, -0.2) is 42.6 Å². The zero-order chi connectivity index (χ0) is 54.1. The zero-order valence-corrected chi connectivity index (χ0v) is 57.8. The number of rotatable bonds is 12. The summed E-state index contributed by atoms with van der Waals surface area (Å²) in [6, 6.07) is -2.00. The van der Waals surface area contributed by atoms with Gasteiger partial charge in [0.05, 0.1) is 5.70 Å².